The lowest BCUT2D eigenvalue weighted by Gasteiger charge is -2.18. The number of nitrogens with one attached hydrogen (secondary N) is 1. The summed E-state index contributed by atoms with van der Waals surface area (Å²) >= 11 is 0. The normalized spacial score (nSPS) is 11.8. The van der Waals surface area contributed by atoms with Crippen molar-refractivity contribution in [1.29, 1.82) is 0 Å². The van der Waals surface area contributed by atoms with Gasteiger partial charge < -0.3 is 19.6 Å². The van der Waals surface area contributed by atoms with Crippen molar-refractivity contribution in [2.24, 2.45) is 0 Å². The molecule has 0 aliphatic rings. The Morgan fingerprint density at radius 1 is 1.00 bits per heavy atom. The summed E-state index contributed by atoms with van der Waals surface area (Å²) in [5.41, 5.74) is 4.12. The first-order chi connectivity index (χ1) is 15.5. The molecule has 1 atom stereocenters. The first kappa shape index (κ1) is 21.2. The second-order valence-corrected chi connectivity index (χ2v) is 7.30. The molecule has 0 aliphatic heterocycles. The van der Waals surface area contributed by atoms with Gasteiger partial charge >= 0.3 is 11.9 Å². The predicted molar refractivity (Wildman–Crippen MR) is 122 cm³/mol. The summed E-state index contributed by atoms with van der Waals surface area (Å²) < 4.78 is 10.8. The van der Waals surface area contributed by atoms with Crippen LogP contribution in [0.25, 0.3) is 22.0 Å². The van der Waals surface area contributed by atoms with Gasteiger partial charge in [-0.3, -0.25) is 4.79 Å². The molecule has 32 heavy (non-hydrogen) atoms. The second kappa shape index (κ2) is 8.98. The van der Waals surface area contributed by atoms with Crippen LogP contribution in [0.1, 0.15) is 34.5 Å². The van der Waals surface area contributed by atoms with E-state index < -0.39 is 11.9 Å². The van der Waals surface area contributed by atoms with E-state index >= 15 is 0 Å². The number of H-pyrrole nitrogens is 1. The maximum absolute atomic E-state index is 13.2. The van der Waals surface area contributed by atoms with Crippen molar-refractivity contribution >= 4 is 22.8 Å². The molecule has 6 nitrogen and oxygen atoms in total. The third-order valence-electron chi connectivity index (χ3n) is 5.39. The van der Waals surface area contributed by atoms with Gasteiger partial charge in [0, 0.05) is 22.2 Å². The highest BCUT2D eigenvalue weighted by molar-refractivity contribution is 6.01. The van der Waals surface area contributed by atoms with Crippen molar-refractivity contribution in [2.45, 2.75) is 12.8 Å². The molecule has 1 heterocycles. The van der Waals surface area contributed by atoms with E-state index in [9.17, 15) is 14.7 Å². The van der Waals surface area contributed by atoms with Gasteiger partial charge in [0.1, 0.15) is 11.7 Å². The third kappa shape index (κ3) is 3.95. The zero-order valence-electron chi connectivity index (χ0n) is 17.8. The van der Waals surface area contributed by atoms with E-state index in [1.165, 1.54) is 0 Å². The smallest absolute Gasteiger partial charge is 0.335 e. The molecule has 0 bridgehead atoms. The van der Waals surface area contributed by atoms with Crippen LogP contribution < -0.4 is 4.74 Å². The van der Waals surface area contributed by atoms with Crippen molar-refractivity contribution < 1.29 is 24.2 Å². The Kier molecular flexibility index (Phi) is 5.94. The van der Waals surface area contributed by atoms with E-state index in [1.807, 2.05) is 48.5 Å². The number of aromatic amines is 1. The van der Waals surface area contributed by atoms with Gasteiger partial charge in [-0.1, -0.05) is 42.5 Å². The highest BCUT2D eigenvalue weighted by atomic mass is 16.5. The topological polar surface area (TPSA) is 88.6 Å². The lowest BCUT2D eigenvalue weighted by atomic mass is 9.89. The molecular formula is C26H23NO5. The minimum Gasteiger partial charge on any atom is -0.497 e. The van der Waals surface area contributed by atoms with Crippen LogP contribution in [0.4, 0.5) is 0 Å². The number of carboxylic acid groups (broad SMARTS) is 1. The predicted octanol–water partition coefficient (Wildman–Crippen LogP) is 5.24. The number of aromatic carboxylic acids is 1. The lowest BCUT2D eigenvalue weighted by molar-refractivity contribution is -0.143. The van der Waals surface area contributed by atoms with Crippen molar-refractivity contribution in [1.82, 2.24) is 4.98 Å². The average molecular weight is 429 g/mol. The van der Waals surface area contributed by atoms with Gasteiger partial charge in [-0.15, -0.1) is 0 Å². The number of fused-ring (bicyclic) bond motifs is 1. The SMILES string of the molecule is CCOC(=O)C(c1cccc(OC)c1)c1[nH]c2ccccc2c1-c1ccc(C(=O)O)cc1. The Balaban J connectivity index is 1.96. The Bertz CT molecular complexity index is 1270. The number of hydrogen-bond acceptors (Lipinski definition) is 4. The number of methoxy groups -OCH3 is 1. The quantitative estimate of drug-likeness (QED) is 0.392. The van der Waals surface area contributed by atoms with Crippen molar-refractivity contribution in [3.05, 3.63) is 89.6 Å². The Morgan fingerprint density at radius 2 is 1.75 bits per heavy atom. The maximum atomic E-state index is 13.2. The number of para-hydroxylation sites is 1. The van der Waals surface area contributed by atoms with Crippen molar-refractivity contribution in [2.75, 3.05) is 13.7 Å². The minimum absolute atomic E-state index is 0.199. The molecule has 4 aromatic rings. The molecule has 1 aromatic heterocycles. The fourth-order valence-corrected chi connectivity index (χ4v) is 3.94. The molecule has 4 rings (SSSR count). The maximum Gasteiger partial charge on any atom is 0.335 e. The fraction of sp³-hybridized carbons (Fsp3) is 0.154. The first-order valence-corrected chi connectivity index (χ1v) is 10.3. The van der Waals surface area contributed by atoms with Crippen molar-refractivity contribution in [3.63, 3.8) is 0 Å². The Hall–Kier alpha value is -4.06. The summed E-state index contributed by atoms with van der Waals surface area (Å²) in [6.07, 6.45) is 0. The van der Waals surface area contributed by atoms with Gasteiger partial charge in [-0.25, -0.2) is 4.79 Å². The van der Waals surface area contributed by atoms with Gasteiger partial charge in [-0.2, -0.15) is 0 Å². The van der Waals surface area contributed by atoms with E-state index in [0.717, 1.165) is 27.6 Å². The molecule has 6 heteroatoms. The summed E-state index contributed by atoms with van der Waals surface area (Å²) in [6, 6.07) is 21.8. The second-order valence-electron chi connectivity index (χ2n) is 7.30. The number of ether oxygens (including phenoxy) is 2. The number of carbonyl (C=O) groups is 2. The number of esters is 1. The number of carboxylic acids is 1. The number of carbonyl (C=O) groups excluding carboxylic acids is 1. The van der Waals surface area contributed by atoms with E-state index in [-0.39, 0.29) is 18.1 Å². The summed E-state index contributed by atoms with van der Waals surface area (Å²) in [5, 5.41) is 10.2. The Labute approximate surface area is 185 Å². The molecule has 0 fully saturated rings. The van der Waals surface area contributed by atoms with Gasteiger partial charge in [0.25, 0.3) is 0 Å². The molecule has 2 N–H and O–H groups in total. The number of rotatable bonds is 7. The van der Waals surface area contributed by atoms with E-state index in [0.29, 0.717) is 11.4 Å². The van der Waals surface area contributed by atoms with E-state index in [1.54, 1.807) is 38.3 Å². The Morgan fingerprint density at radius 3 is 2.44 bits per heavy atom. The molecule has 0 amide bonds. The van der Waals surface area contributed by atoms with Crippen LogP contribution in [0, 0.1) is 0 Å². The summed E-state index contributed by atoms with van der Waals surface area (Å²) in [5.74, 6) is -1.45. The van der Waals surface area contributed by atoms with Crippen LogP contribution in [0.15, 0.2) is 72.8 Å². The van der Waals surface area contributed by atoms with Crippen LogP contribution in [-0.2, 0) is 9.53 Å². The molecule has 1 unspecified atom stereocenters. The van der Waals surface area contributed by atoms with E-state index in [2.05, 4.69) is 4.98 Å². The number of benzene rings is 3. The zero-order valence-corrected chi connectivity index (χ0v) is 17.8. The molecule has 162 valence electrons. The molecular weight excluding hydrogens is 406 g/mol. The molecule has 0 radical (unpaired) electrons. The summed E-state index contributed by atoms with van der Waals surface area (Å²) in [4.78, 5) is 27.9. The van der Waals surface area contributed by atoms with Crippen LogP contribution in [0.3, 0.4) is 0 Å². The standard InChI is InChI=1S/C26H23NO5/c1-3-32-26(30)23(18-7-6-8-19(15-18)31-2)24-22(20-9-4-5-10-21(20)27-24)16-11-13-17(14-12-16)25(28)29/h4-15,23,27H,3H2,1-2H3,(H,28,29). The van der Waals surface area contributed by atoms with Crippen LogP contribution in [0.5, 0.6) is 5.75 Å². The molecule has 0 saturated heterocycles. The van der Waals surface area contributed by atoms with Crippen LogP contribution >= 0.6 is 0 Å². The monoisotopic (exact) mass is 429 g/mol. The fourth-order valence-electron chi connectivity index (χ4n) is 3.94. The zero-order chi connectivity index (χ0) is 22.7. The number of hydrogen-bond donors (Lipinski definition) is 2. The van der Waals surface area contributed by atoms with Crippen LogP contribution in [-0.4, -0.2) is 35.7 Å². The molecule has 3 aromatic carbocycles. The van der Waals surface area contributed by atoms with Crippen LogP contribution in [0.2, 0.25) is 0 Å². The third-order valence-corrected chi connectivity index (χ3v) is 5.39. The highest BCUT2D eigenvalue weighted by Crippen LogP contribution is 2.40. The average Bonchev–Trinajstić information content (AvgIpc) is 3.18. The molecule has 0 saturated carbocycles. The first-order valence-electron chi connectivity index (χ1n) is 10.3. The van der Waals surface area contributed by atoms with Gasteiger partial charge in [0.2, 0.25) is 0 Å². The van der Waals surface area contributed by atoms with E-state index in [4.69, 9.17) is 9.47 Å². The largest absolute Gasteiger partial charge is 0.497 e. The molecule has 0 spiro atoms. The minimum atomic E-state index is -0.989. The summed E-state index contributed by atoms with van der Waals surface area (Å²) in [6.45, 7) is 2.03. The number of aromatic nitrogens is 1. The highest BCUT2D eigenvalue weighted by Gasteiger charge is 2.30. The lowest BCUT2D eigenvalue weighted by Crippen LogP contribution is -2.18. The molecule has 0 aliphatic carbocycles. The van der Waals surface area contributed by atoms with Crippen molar-refractivity contribution in [3.8, 4) is 16.9 Å². The van der Waals surface area contributed by atoms with Gasteiger partial charge in [0.05, 0.1) is 19.3 Å². The summed E-state index contributed by atoms with van der Waals surface area (Å²) in [7, 11) is 1.58. The van der Waals surface area contributed by atoms with Gasteiger partial charge in [-0.05, 0) is 48.4 Å². The van der Waals surface area contributed by atoms with Gasteiger partial charge in [0.15, 0.2) is 0 Å².